The fraction of sp³-hybridized carbons (Fsp3) is 0.0833. The zero-order valence-electron chi connectivity index (χ0n) is 17.1. The second-order valence-corrected chi connectivity index (χ2v) is 10.8. The van der Waals surface area contributed by atoms with Crippen LogP contribution in [0.1, 0.15) is 16.7 Å². The van der Waals surface area contributed by atoms with Gasteiger partial charge in [0.05, 0.1) is 14.6 Å². The first kappa shape index (κ1) is 26.0. The second-order valence-electron chi connectivity index (χ2n) is 6.96. The van der Waals surface area contributed by atoms with Crippen LogP contribution in [0, 0.1) is 18.3 Å². The molecule has 0 aliphatic rings. The van der Waals surface area contributed by atoms with Crippen LogP contribution in [0.5, 0.6) is 5.75 Å². The summed E-state index contributed by atoms with van der Waals surface area (Å²) in [5, 5.41) is 13.0. The number of halogens is 5. The normalized spacial score (nSPS) is 11.1. The lowest BCUT2D eigenvalue weighted by molar-refractivity contribution is -0.112. The van der Waals surface area contributed by atoms with Crippen LogP contribution in [0.2, 0.25) is 5.02 Å². The van der Waals surface area contributed by atoms with Gasteiger partial charge in [-0.2, -0.15) is 5.26 Å². The highest BCUT2D eigenvalue weighted by Crippen LogP contribution is 2.36. The molecule has 1 amide bonds. The quantitative estimate of drug-likeness (QED) is 0.205. The van der Waals surface area contributed by atoms with Crippen LogP contribution in [0.4, 0.5) is 5.69 Å². The van der Waals surface area contributed by atoms with Crippen molar-refractivity contribution in [3.05, 3.63) is 93.7 Å². The lowest BCUT2D eigenvalue weighted by Gasteiger charge is -2.12. The molecule has 3 rings (SSSR count). The molecule has 0 saturated carbocycles. The molecule has 168 valence electrons. The minimum Gasteiger partial charge on any atom is -0.487 e. The standard InChI is InChI=1S/C24H15Br4ClN2O2/c1-13-6-18(25)22(19(26)7-13)31-24(32)16(11-30)8-15-9-20(27)23(21(28)10-15)33-12-14-2-4-17(29)5-3-14/h2-10H,12H2,1H3,(H,31,32)/b16-8+. The smallest absolute Gasteiger partial charge is 0.266 e. The number of amides is 1. The van der Waals surface area contributed by atoms with Gasteiger partial charge in [-0.15, -0.1) is 0 Å². The summed E-state index contributed by atoms with van der Waals surface area (Å²) in [6.07, 6.45) is 1.52. The molecule has 0 aliphatic heterocycles. The van der Waals surface area contributed by atoms with E-state index < -0.39 is 5.91 Å². The van der Waals surface area contributed by atoms with Crippen LogP contribution >= 0.6 is 75.3 Å². The van der Waals surface area contributed by atoms with Crippen molar-refractivity contribution in [1.82, 2.24) is 0 Å². The van der Waals surface area contributed by atoms with Gasteiger partial charge in [0.15, 0.2) is 0 Å². The molecule has 0 saturated heterocycles. The lowest BCUT2D eigenvalue weighted by atomic mass is 10.1. The summed E-state index contributed by atoms with van der Waals surface area (Å²) in [4.78, 5) is 12.8. The predicted octanol–water partition coefficient (Wildman–Crippen LogP) is 8.82. The first-order chi connectivity index (χ1) is 15.7. The number of benzene rings is 3. The van der Waals surface area contributed by atoms with E-state index in [-0.39, 0.29) is 5.57 Å². The van der Waals surface area contributed by atoms with Crippen molar-refractivity contribution >= 4 is 93.0 Å². The van der Waals surface area contributed by atoms with Gasteiger partial charge in [-0.05, 0) is 130 Å². The van der Waals surface area contributed by atoms with Gasteiger partial charge >= 0.3 is 0 Å². The second kappa shape index (κ2) is 11.7. The number of hydrogen-bond acceptors (Lipinski definition) is 3. The van der Waals surface area contributed by atoms with E-state index in [0.717, 1.165) is 11.1 Å². The van der Waals surface area contributed by atoms with Crippen molar-refractivity contribution in [3.8, 4) is 11.8 Å². The molecule has 4 nitrogen and oxygen atoms in total. The van der Waals surface area contributed by atoms with Crippen molar-refractivity contribution in [2.75, 3.05) is 5.32 Å². The number of hydrogen-bond donors (Lipinski definition) is 1. The molecule has 33 heavy (non-hydrogen) atoms. The van der Waals surface area contributed by atoms with E-state index in [2.05, 4.69) is 69.0 Å². The van der Waals surface area contributed by atoms with Crippen LogP contribution in [0.3, 0.4) is 0 Å². The van der Waals surface area contributed by atoms with Gasteiger partial charge in [0.1, 0.15) is 24.0 Å². The molecular weight excluding hydrogens is 703 g/mol. The fourth-order valence-electron chi connectivity index (χ4n) is 2.85. The zero-order valence-corrected chi connectivity index (χ0v) is 24.2. The zero-order chi connectivity index (χ0) is 24.1. The summed E-state index contributed by atoms with van der Waals surface area (Å²) in [6.45, 7) is 2.30. The number of nitrogens with zero attached hydrogens (tertiary/aromatic N) is 1. The fourth-order valence-corrected chi connectivity index (χ4v) is 6.04. The Morgan fingerprint density at radius 3 is 2.15 bits per heavy atom. The number of ether oxygens (including phenoxy) is 1. The largest absolute Gasteiger partial charge is 0.487 e. The Bertz CT molecular complexity index is 1240. The molecule has 3 aromatic carbocycles. The van der Waals surface area contributed by atoms with Gasteiger partial charge in [0.25, 0.3) is 5.91 Å². The van der Waals surface area contributed by atoms with Crippen molar-refractivity contribution < 1.29 is 9.53 Å². The highest BCUT2D eigenvalue weighted by atomic mass is 79.9. The van der Waals surface area contributed by atoms with E-state index in [9.17, 15) is 10.1 Å². The molecule has 0 heterocycles. The van der Waals surface area contributed by atoms with Gasteiger partial charge in [0.2, 0.25) is 0 Å². The first-order valence-corrected chi connectivity index (χ1v) is 13.0. The van der Waals surface area contributed by atoms with E-state index in [0.29, 0.717) is 46.5 Å². The molecule has 1 N–H and O–H groups in total. The van der Waals surface area contributed by atoms with Gasteiger partial charge in [0, 0.05) is 14.0 Å². The van der Waals surface area contributed by atoms with E-state index in [1.807, 2.05) is 37.3 Å². The summed E-state index contributed by atoms with van der Waals surface area (Å²) >= 11 is 19.8. The average molecular weight is 718 g/mol. The van der Waals surface area contributed by atoms with Crippen LogP contribution in [-0.4, -0.2) is 5.91 Å². The number of anilines is 1. The number of carbonyl (C=O) groups is 1. The molecule has 0 radical (unpaired) electrons. The molecule has 0 aliphatic carbocycles. The Labute approximate surface area is 230 Å². The topological polar surface area (TPSA) is 62.1 Å². The SMILES string of the molecule is Cc1cc(Br)c(NC(=O)/C(C#N)=C/c2cc(Br)c(OCc3ccc(Cl)cc3)c(Br)c2)c(Br)c1. The van der Waals surface area contributed by atoms with E-state index >= 15 is 0 Å². The summed E-state index contributed by atoms with van der Waals surface area (Å²) in [7, 11) is 0. The minimum atomic E-state index is -0.516. The van der Waals surface area contributed by atoms with Gasteiger partial charge in [-0.1, -0.05) is 23.7 Å². The molecule has 9 heteroatoms. The number of nitriles is 1. The number of aryl methyl sites for hydroxylation is 1. The molecule has 3 aromatic rings. The number of carbonyl (C=O) groups excluding carboxylic acids is 1. The third kappa shape index (κ3) is 6.93. The summed E-state index contributed by atoms with van der Waals surface area (Å²) in [5.74, 6) is 0.0932. The first-order valence-electron chi connectivity index (χ1n) is 9.43. The summed E-state index contributed by atoms with van der Waals surface area (Å²) in [6, 6.07) is 16.7. The highest BCUT2D eigenvalue weighted by molar-refractivity contribution is 9.11. The average Bonchev–Trinajstić information content (AvgIpc) is 2.75. The summed E-state index contributed by atoms with van der Waals surface area (Å²) in [5.41, 5.74) is 3.17. The molecule has 0 fully saturated rings. The van der Waals surface area contributed by atoms with Crippen molar-refractivity contribution in [2.45, 2.75) is 13.5 Å². The molecule has 0 spiro atoms. The lowest BCUT2D eigenvalue weighted by Crippen LogP contribution is -2.14. The third-order valence-corrected chi connectivity index (χ3v) is 7.10. The van der Waals surface area contributed by atoms with Gasteiger partial charge in [-0.3, -0.25) is 4.79 Å². The van der Waals surface area contributed by atoms with E-state index in [1.54, 1.807) is 24.3 Å². The maximum atomic E-state index is 12.8. The molecule has 0 atom stereocenters. The van der Waals surface area contributed by atoms with E-state index in [4.69, 9.17) is 16.3 Å². The molecule has 0 bridgehead atoms. The minimum absolute atomic E-state index is 0.0389. The van der Waals surface area contributed by atoms with Gasteiger partial charge in [-0.25, -0.2) is 0 Å². The van der Waals surface area contributed by atoms with Crippen LogP contribution in [0.25, 0.3) is 6.08 Å². The van der Waals surface area contributed by atoms with Crippen molar-refractivity contribution in [3.63, 3.8) is 0 Å². The monoisotopic (exact) mass is 714 g/mol. The maximum absolute atomic E-state index is 12.8. The third-order valence-electron chi connectivity index (χ3n) is 4.42. The Hall–Kier alpha value is -1.63. The predicted molar refractivity (Wildman–Crippen MR) is 146 cm³/mol. The van der Waals surface area contributed by atoms with Crippen LogP contribution in [-0.2, 0) is 11.4 Å². The van der Waals surface area contributed by atoms with Gasteiger partial charge < -0.3 is 10.1 Å². The van der Waals surface area contributed by atoms with Crippen molar-refractivity contribution in [2.24, 2.45) is 0 Å². The van der Waals surface area contributed by atoms with Crippen LogP contribution < -0.4 is 10.1 Å². The highest BCUT2D eigenvalue weighted by Gasteiger charge is 2.15. The Morgan fingerprint density at radius 1 is 1.03 bits per heavy atom. The van der Waals surface area contributed by atoms with Crippen LogP contribution in [0.15, 0.2) is 72.0 Å². The molecule has 0 aromatic heterocycles. The Morgan fingerprint density at radius 2 is 1.61 bits per heavy atom. The summed E-state index contributed by atoms with van der Waals surface area (Å²) < 4.78 is 8.72. The number of nitrogens with one attached hydrogen (secondary N) is 1. The molecule has 0 unspecified atom stereocenters. The Balaban J connectivity index is 1.80. The van der Waals surface area contributed by atoms with E-state index in [1.165, 1.54) is 6.08 Å². The Kier molecular flexibility index (Phi) is 9.19. The van der Waals surface area contributed by atoms with Crippen molar-refractivity contribution in [1.29, 1.82) is 5.26 Å². The molecular formula is C24H15Br4ClN2O2. The maximum Gasteiger partial charge on any atom is 0.266 e. The number of rotatable bonds is 6.